The van der Waals surface area contributed by atoms with Gasteiger partial charge in [-0.1, -0.05) is 36.8 Å². The predicted molar refractivity (Wildman–Crippen MR) is 106 cm³/mol. The van der Waals surface area contributed by atoms with Gasteiger partial charge in [-0.2, -0.15) is 0 Å². The van der Waals surface area contributed by atoms with Crippen molar-refractivity contribution >= 4 is 11.7 Å². The number of carbonyl (C=O) groups excluding carboxylic acids is 1. The molecule has 3 N–H and O–H groups in total. The monoisotopic (exact) mass is 365 g/mol. The molecule has 1 saturated carbocycles. The Morgan fingerprint density at radius 2 is 2.07 bits per heavy atom. The van der Waals surface area contributed by atoms with E-state index in [4.69, 9.17) is 15.5 Å². The number of nitrogens with zero attached hydrogens (tertiary/aromatic N) is 1. The molecule has 3 unspecified atom stereocenters. The molecule has 5 heteroatoms. The molecule has 3 atom stereocenters. The summed E-state index contributed by atoms with van der Waals surface area (Å²) in [6, 6.07) is 9.96. The Balaban J connectivity index is 1.86. The van der Waals surface area contributed by atoms with Crippen molar-refractivity contribution < 1.29 is 9.53 Å². The van der Waals surface area contributed by atoms with Crippen LogP contribution in [0, 0.1) is 5.92 Å². The van der Waals surface area contributed by atoms with Crippen LogP contribution in [0.2, 0.25) is 0 Å². The number of nitrogens with two attached hydrogens (primary N) is 1. The molecule has 3 aliphatic rings. The molecule has 1 aliphatic carbocycles. The summed E-state index contributed by atoms with van der Waals surface area (Å²) >= 11 is 0. The van der Waals surface area contributed by atoms with Gasteiger partial charge in [0.2, 0.25) is 0 Å². The second-order valence-corrected chi connectivity index (χ2v) is 7.51. The maximum atomic E-state index is 12.8. The molecule has 2 heterocycles. The maximum absolute atomic E-state index is 12.8. The van der Waals surface area contributed by atoms with Gasteiger partial charge in [0.15, 0.2) is 0 Å². The first kappa shape index (κ1) is 18.0. The number of esters is 1. The van der Waals surface area contributed by atoms with Gasteiger partial charge in [0.05, 0.1) is 12.2 Å². The fourth-order valence-corrected chi connectivity index (χ4v) is 4.65. The normalized spacial score (nSPS) is 27.4. The summed E-state index contributed by atoms with van der Waals surface area (Å²) in [5.74, 6) is 0.597. The van der Waals surface area contributed by atoms with Gasteiger partial charge >= 0.3 is 5.97 Å². The van der Waals surface area contributed by atoms with Crippen molar-refractivity contribution in [2.75, 3.05) is 6.61 Å². The van der Waals surface area contributed by atoms with E-state index in [-0.39, 0.29) is 23.8 Å². The second kappa shape index (κ2) is 7.31. The minimum Gasteiger partial charge on any atom is -0.463 e. The average molecular weight is 365 g/mol. The van der Waals surface area contributed by atoms with Crippen molar-refractivity contribution in [2.24, 2.45) is 16.6 Å². The number of rotatable bonds is 3. The van der Waals surface area contributed by atoms with Crippen LogP contribution in [0.3, 0.4) is 0 Å². The Labute approximate surface area is 160 Å². The molecule has 142 valence electrons. The summed E-state index contributed by atoms with van der Waals surface area (Å²) in [5.41, 5.74) is 11.5. The lowest BCUT2D eigenvalue weighted by atomic mass is 9.70. The number of allylic oxidation sites excluding steroid dienone is 1. The quantitative estimate of drug-likeness (QED) is 0.805. The second-order valence-electron chi connectivity index (χ2n) is 7.51. The van der Waals surface area contributed by atoms with E-state index in [9.17, 15) is 4.79 Å². The predicted octanol–water partition coefficient (Wildman–Crippen LogP) is 3.39. The van der Waals surface area contributed by atoms with Gasteiger partial charge in [0.25, 0.3) is 0 Å². The third kappa shape index (κ3) is 3.10. The van der Waals surface area contributed by atoms with Crippen molar-refractivity contribution in [3.8, 4) is 0 Å². The standard InChI is InChI=1S/C22H27N3O2/c1-3-27-22(26)17-13(2)24-21-19(18(17)14-9-5-4-6-10-14)20(23)15-11-7-8-12-16(15)25-21/h4-6,9-10,15,18,20,24H,3,7-8,11-12,23H2,1-2H3. The zero-order valence-electron chi connectivity index (χ0n) is 16.0. The van der Waals surface area contributed by atoms with E-state index in [2.05, 4.69) is 17.4 Å². The Hall–Kier alpha value is -2.40. The zero-order valence-corrected chi connectivity index (χ0v) is 16.0. The summed E-state index contributed by atoms with van der Waals surface area (Å²) in [5, 5.41) is 3.36. The van der Waals surface area contributed by atoms with Crippen LogP contribution in [0.4, 0.5) is 0 Å². The molecular formula is C22H27N3O2. The fourth-order valence-electron chi connectivity index (χ4n) is 4.65. The van der Waals surface area contributed by atoms with Crippen molar-refractivity contribution in [3.05, 3.63) is 58.6 Å². The Morgan fingerprint density at radius 3 is 2.81 bits per heavy atom. The van der Waals surface area contributed by atoms with Crippen LogP contribution >= 0.6 is 0 Å². The lowest BCUT2D eigenvalue weighted by molar-refractivity contribution is -0.138. The van der Waals surface area contributed by atoms with Crippen LogP contribution in [0.25, 0.3) is 0 Å². The van der Waals surface area contributed by atoms with Crippen molar-refractivity contribution in [1.82, 2.24) is 5.32 Å². The first-order valence-corrected chi connectivity index (χ1v) is 9.88. The highest BCUT2D eigenvalue weighted by Crippen LogP contribution is 2.45. The van der Waals surface area contributed by atoms with Crippen LogP contribution in [0.5, 0.6) is 0 Å². The lowest BCUT2D eigenvalue weighted by Crippen LogP contribution is -2.47. The van der Waals surface area contributed by atoms with Gasteiger partial charge in [-0.05, 0) is 38.7 Å². The Morgan fingerprint density at radius 1 is 1.30 bits per heavy atom. The summed E-state index contributed by atoms with van der Waals surface area (Å²) < 4.78 is 5.39. The third-order valence-corrected chi connectivity index (χ3v) is 5.89. The number of aliphatic imine (C=N–C) groups is 1. The molecule has 5 nitrogen and oxygen atoms in total. The summed E-state index contributed by atoms with van der Waals surface area (Å²) in [7, 11) is 0. The topological polar surface area (TPSA) is 76.7 Å². The van der Waals surface area contributed by atoms with Gasteiger partial charge in [-0.3, -0.25) is 0 Å². The molecule has 0 aromatic heterocycles. The number of nitrogens with one attached hydrogen (secondary N) is 1. The fraction of sp³-hybridized carbons (Fsp3) is 0.455. The van der Waals surface area contributed by atoms with Crippen molar-refractivity contribution in [3.63, 3.8) is 0 Å². The van der Waals surface area contributed by atoms with Crippen LogP contribution in [0.15, 0.2) is 58.0 Å². The Bertz CT molecular complexity index is 838. The number of carbonyl (C=O) groups is 1. The highest BCUT2D eigenvalue weighted by Gasteiger charge is 2.43. The van der Waals surface area contributed by atoms with E-state index < -0.39 is 0 Å². The van der Waals surface area contributed by atoms with Crippen LogP contribution in [0.1, 0.15) is 51.0 Å². The number of hydrogen-bond acceptors (Lipinski definition) is 5. The number of ether oxygens (including phenoxy) is 1. The van der Waals surface area contributed by atoms with E-state index in [1.54, 1.807) is 0 Å². The summed E-state index contributed by atoms with van der Waals surface area (Å²) in [4.78, 5) is 17.8. The van der Waals surface area contributed by atoms with E-state index >= 15 is 0 Å². The first-order chi connectivity index (χ1) is 13.1. The zero-order chi connectivity index (χ0) is 19.0. The van der Waals surface area contributed by atoms with Gasteiger partial charge < -0.3 is 15.8 Å². The Kier molecular flexibility index (Phi) is 4.87. The molecule has 0 radical (unpaired) electrons. The lowest BCUT2D eigenvalue weighted by Gasteiger charge is -2.41. The van der Waals surface area contributed by atoms with Crippen LogP contribution in [-0.2, 0) is 9.53 Å². The molecule has 2 aliphatic heterocycles. The van der Waals surface area contributed by atoms with E-state index in [0.29, 0.717) is 12.2 Å². The minimum absolute atomic E-state index is 0.136. The van der Waals surface area contributed by atoms with Gasteiger partial charge in [-0.15, -0.1) is 0 Å². The molecular weight excluding hydrogens is 338 g/mol. The molecule has 0 amide bonds. The van der Waals surface area contributed by atoms with Gasteiger partial charge in [0, 0.05) is 34.9 Å². The average Bonchev–Trinajstić information content (AvgIpc) is 2.68. The summed E-state index contributed by atoms with van der Waals surface area (Å²) in [6.45, 7) is 4.10. The highest BCUT2D eigenvalue weighted by atomic mass is 16.5. The molecule has 0 saturated heterocycles. The smallest absolute Gasteiger partial charge is 0.336 e. The third-order valence-electron chi connectivity index (χ3n) is 5.89. The molecule has 4 rings (SSSR count). The molecule has 0 bridgehead atoms. The molecule has 1 aromatic rings. The number of dihydropyridines is 1. The molecule has 27 heavy (non-hydrogen) atoms. The van der Waals surface area contributed by atoms with E-state index in [1.165, 1.54) is 18.6 Å². The van der Waals surface area contributed by atoms with Crippen molar-refractivity contribution in [1.29, 1.82) is 0 Å². The van der Waals surface area contributed by atoms with E-state index in [1.807, 2.05) is 32.0 Å². The van der Waals surface area contributed by atoms with E-state index in [0.717, 1.165) is 35.5 Å². The van der Waals surface area contributed by atoms with Crippen LogP contribution in [-0.4, -0.2) is 24.3 Å². The van der Waals surface area contributed by atoms with Gasteiger partial charge in [-0.25, -0.2) is 9.79 Å². The SMILES string of the molecule is CCOC(=O)C1=C(C)NC2=C(C1c1ccccc1)C(N)C1CCCCC1=N2. The van der Waals surface area contributed by atoms with Crippen LogP contribution < -0.4 is 11.1 Å². The van der Waals surface area contributed by atoms with Gasteiger partial charge in [0.1, 0.15) is 5.82 Å². The highest BCUT2D eigenvalue weighted by molar-refractivity contribution is 5.95. The van der Waals surface area contributed by atoms with Crippen molar-refractivity contribution in [2.45, 2.75) is 51.5 Å². The number of benzene rings is 1. The summed E-state index contributed by atoms with van der Waals surface area (Å²) in [6.07, 6.45) is 4.44. The number of hydrogen-bond donors (Lipinski definition) is 2. The molecule has 1 aromatic carbocycles. The molecule has 1 fully saturated rings. The maximum Gasteiger partial charge on any atom is 0.336 e. The number of fused-ring (bicyclic) bond motifs is 1. The minimum atomic E-state index is -0.284. The largest absolute Gasteiger partial charge is 0.463 e. The molecule has 0 spiro atoms. The first-order valence-electron chi connectivity index (χ1n) is 9.88.